The van der Waals surface area contributed by atoms with Crippen LogP contribution in [0.3, 0.4) is 0 Å². The van der Waals surface area contributed by atoms with Gasteiger partial charge in [0.15, 0.2) is 0 Å². The van der Waals surface area contributed by atoms with E-state index in [2.05, 4.69) is 15.0 Å². The van der Waals surface area contributed by atoms with Crippen molar-refractivity contribution in [2.24, 2.45) is 0 Å². The number of hydrogen-bond donors (Lipinski definition) is 1. The molecule has 96 valence electrons. The minimum atomic E-state index is 0.142. The van der Waals surface area contributed by atoms with Crippen molar-refractivity contribution in [3.8, 4) is 6.01 Å². The molecule has 0 atom stereocenters. The largest absolute Gasteiger partial charge is 0.461 e. The maximum Gasteiger partial charge on any atom is 0.323 e. The monoisotopic (exact) mass is 241 g/mol. The number of nitrogen functional groups attached to an aromatic ring is 1. The second-order valence-corrected chi connectivity index (χ2v) is 3.94. The quantitative estimate of drug-likeness (QED) is 0.718. The second-order valence-electron chi connectivity index (χ2n) is 3.94. The number of rotatable bonds is 6. The predicted molar refractivity (Wildman–Crippen MR) is 65.1 cm³/mol. The molecule has 17 heavy (non-hydrogen) atoms. The molecule has 0 saturated carbocycles. The Morgan fingerprint density at radius 2 is 1.88 bits per heavy atom. The smallest absolute Gasteiger partial charge is 0.323 e. The molecule has 0 fully saturated rings. The van der Waals surface area contributed by atoms with Crippen LogP contribution in [0.1, 0.15) is 13.8 Å². The summed E-state index contributed by atoms with van der Waals surface area (Å²) in [5.74, 6) is 0.612. The first-order chi connectivity index (χ1) is 7.99. The van der Waals surface area contributed by atoms with Crippen LogP contribution in [0.5, 0.6) is 6.01 Å². The summed E-state index contributed by atoms with van der Waals surface area (Å²) in [4.78, 5) is 13.7. The number of nitrogens with two attached hydrogens (primary N) is 1. The number of ether oxygens (including phenoxy) is 2. The molecule has 0 radical (unpaired) electrons. The third-order valence-electron chi connectivity index (χ3n) is 1.79. The Morgan fingerprint density at radius 1 is 1.18 bits per heavy atom. The van der Waals surface area contributed by atoms with Gasteiger partial charge in [0.2, 0.25) is 11.9 Å². The zero-order valence-corrected chi connectivity index (χ0v) is 10.7. The molecule has 0 aliphatic heterocycles. The van der Waals surface area contributed by atoms with Gasteiger partial charge < -0.3 is 20.1 Å². The highest BCUT2D eigenvalue weighted by Gasteiger charge is 2.06. The van der Waals surface area contributed by atoms with E-state index in [1.54, 1.807) is 4.90 Å². The molecule has 1 rings (SSSR count). The summed E-state index contributed by atoms with van der Waals surface area (Å²) in [5, 5.41) is 0. The van der Waals surface area contributed by atoms with Gasteiger partial charge in [-0.15, -0.1) is 0 Å². The molecule has 2 N–H and O–H groups in total. The van der Waals surface area contributed by atoms with Crippen LogP contribution >= 0.6 is 0 Å². The van der Waals surface area contributed by atoms with E-state index < -0.39 is 0 Å². The van der Waals surface area contributed by atoms with Crippen molar-refractivity contribution in [1.29, 1.82) is 0 Å². The average molecular weight is 241 g/mol. The third kappa shape index (κ3) is 4.81. The lowest BCUT2D eigenvalue weighted by Gasteiger charge is -2.12. The van der Waals surface area contributed by atoms with Crippen LogP contribution in [0, 0.1) is 0 Å². The van der Waals surface area contributed by atoms with E-state index in [9.17, 15) is 0 Å². The van der Waals surface area contributed by atoms with Crippen LogP contribution in [0.4, 0.5) is 11.9 Å². The highest BCUT2D eigenvalue weighted by Crippen LogP contribution is 2.10. The topological polar surface area (TPSA) is 86.4 Å². The van der Waals surface area contributed by atoms with Crippen molar-refractivity contribution in [2.75, 3.05) is 37.9 Å². The second kappa shape index (κ2) is 6.19. The molecule has 7 heteroatoms. The van der Waals surface area contributed by atoms with Crippen LogP contribution in [0.2, 0.25) is 0 Å². The first-order valence-corrected chi connectivity index (χ1v) is 5.42. The molecule has 0 aliphatic carbocycles. The molecule has 0 aromatic carbocycles. The third-order valence-corrected chi connectivity index (χ3v) is 1.79. The maximum atomic E-state index is 5.55. The first kappa shape index (κ1) is 13.4. The van der Waals surface area contributed by atoms with Crippen molar-refractivity contribution in [3.63, 3.8) is 0 Å². The minimum absolute atomic E-state index is 0.142. The zero-order chi connectivity index (χ0) is 12.8. The molecule has 0 unspecified atom stereocenters. The molecule has 0 bridgehead atoms. The fraction of sp³-hybridized carbons (Fsp3) is 0.700. The van der Waals surface area contributed by atoms with Crippen molar-refractivity contribution in [3.05, 3.63) is 0 Å². The van der Waals surface area contributed by atoms with Gasteiger partial charge in [0, 0.05) is 14.1 Å². The number of nitrogens with zero attached hydrogens (tertiary/aromatic N) is 4. The Labute approximate surface area is 101 Å². The van der Waals surface area contributed by atoms with E-state index in [1.165, 1.54) is 0 Å². The van der Waals surface area contributed by atoms with Gasteiger partial charge >= 0.3 is 6.01 Å². The van der Waals surface area contributed by atoms with Gasteiger partial charge in [-0.2, -0.15) is 15.0 Å². The zero-order valence-electron chi connectivity index (χ0n) is 10.7. The van der Waals surface area contributed by atoms with Gasteiger partial charge in [-0.25, -0.2) is 0 Å². The maximum absolute atomic E-state index is 5.55. The Bertz CT molecular complexity index is 357. The summed E-state index contributed by atoms with van der Waals surface area (Å²) in [6.07, 6.45) is 0.180. The van der Waals surface area contributed by atoms with Gasteiger partial charge in [0.05, 0.1) is 12.7 Å². The van der Waals surface area contributed by atoms with E-state index in [4.69, 9.17) is 15.2 Å². The van der Waals surface area contributed by atoms with Crippen molar-refractivity contribution < 1.29 is 9.47 Å². The molecule has 0 saturated heterocycles. The van der Waals surface area contributed by atoms with Crippen LogP contribution in [0.25, 0.3) is 0 Å². The highest BCUT2D eigenvalue weighted by molar-refractivity contribution is 5.33. The Morgan fingerprint density at radius 3 is 2.47 bits per heavy atom. The SMILES string of the molecule is CC(C)OCCOc1nc(N)nc(N(C)C)n1. The molecular weight excluding hydrogens is 222 g/mol. The van der Waals surface area contributed by atoms with Crippen LogP contribution in [0.15, 0.2) is 0 Å². The number of aromatic nitrogens is 3. The normalized spacial score (nSPS) is 10.6. The summed E-state index contributed by atoms with van der Waals surface area (Å²) in [7, 11) is 3.64. The van der Waals surface area contributed by atoms with Gasteiger partial charge in [0.1, 0.15) is 6.61 Å². The molecule has 1 aromatic heterocycles. The summed E-state index contributed by atoms with van der Waals surface area (Å²) >= 11 is 0. The molecular formula is C10H19N5O2. The molecule has 0 spiro atoms. The van der Waals surface area contributed by atoms with E-state index >= 15 is 0 Å². The van der Waals surface area contributed by atoms with Crippen molar-refractivity contribution >= 4 is 11.9 Å². The predicted octanol–water partition coefficient (Wildman–Crippen LogP) is 0.324. The molecule has 1 heterocycles. The van der Waals surface area contributed by atoms with E-state index in [0.717, 1.165) is 0 Å². The molecule has 0 aliphatic rings. The lowest BCUT2D eigenvalue weighted by atomic mass is 10.5. The molecule has 1 aromatic rings. The highest BCUT2D eigenvalue weighted by atomic mass is 16.5. The van der Waals surface area contributed by atoms with Crippen molar-refractivity contribution in [1.82, 2.24) is 15.0 Å². The van der Waals surface area contributed by atoms with Crippen LogP contribution in [-0.2, 0) is 4.74 Å². The van der Waals surface area contributed by atoms with E-state index in [1.807, 2.05) is 27.9 Å². The summed E-state index contributed by atoms with van der Waals surface area (Å²) in [5.41, 5.74) is 5.55. The van der Waals surface area contributed by atoms with Gasteiger partial charge in [-0.3, -0.25) is 0 Å². The Balaban J connectivity index is 2.53. The summed E-state index contributed by atoms with van der Waals surface area (Å²) in [6.45, 7) is 4.80. The lowest BCUT2D eigenvalue weighted by Crippen LogP contribution is -2.17. The fourth-order valence-corrected chi connectivity index (χ4v) is 1.04. The van der Waals surface area contributed by atoms with E-state index in [-0.39, 0.29) is 18.1 Å². The minimum Gasteiger partial charge on any atom is -0.461 e. The Kier molecular flexibility index (Phi) is 4.89. The lowest BCUT2D eigenvalue weighted by molar-refractivity contribution is 0.0531. The van der Waals surface area contributed by atoms with Crippen LogP contribution in [-0.4, -0.2) is 48.4 Å². The van der Waals surface area contributed by atoms with Gasteiger partial charge in [-0.1, -0.05) is 0 Å². The van der Waals surface area contributed by atoms with E-state index in [0.29, 0.717) is 19.2 Å². The Hall–Kier alpha value is -1.63. The molecule has 0 amide bonds. The number of hydrogen-bond acceptors (Lipinski definition) is 7. The average Bonchev–Trinajstić information content (AvgIpc) is 2.23. The van der Waals surface area contributed by atoms with Crippen molar-refractivity contribution in [2.45, 2.75) is 20.0 Å². The number of anilines is 2. The first-order valence-electron chi connectivity index (χ1n) is 5.42. The standard InChI is InChI=1S/C10H19N5O2/c1-7(2)16-5-6-17-10-13-8(11)12-9(14-10)15(3)4/h7H,5-6H2,1-4H3,(H2,11,12,13,14). The summed E-state index contributed by atoms with van der Waals surface area (Å²) < 4.78 is 10.7. The molecule has 7 nitrogen and oxygen atoms in total. The van der Waals surface area contributed by atoms with Crippen LogP contribution < -0.4 is 15.4 Å². The van der Waals surface area contributed by atoms with Gasteiger partial charge in [-0.05, 0) is 13.8 Å². The summed E-state index contributed by atoms with van der Waals surface area (Å²) in [6, 6.07) is 0.216. The fourth-order valence-electron chi connectivity index (χ4n) is 1.04. The van der Waals surface area contributed by atoms with Gasteiger partial charge in [0.25, 0.3) is 0 Å².